The number of nitrogens with zero attached hydrogens (tertiary/aromatic N) is 2. The highest BCUT2D eigenvalue weighted by molar-refractivity contribution is 6.02. The zero-order valence-electron chi connectivity index (χ0n) is 7.21. The minimum atomic E-state index is -0.868. The lowest BCUT2D eigenvalue weighted by Gasteiger charge is -2.18. The lowest BCUT2D eigenvalue weighted by Crippen LogP contribution is -2.24. The summed E-state index contributed by atoms with van der Waals surface area (Å²) in [5.41, 5.74) is -1.19. The maximum atomic E-state index is 10.9. The number of ether oxygens (including phenoxy) is 1. The van der Waals surface area contributed by atoms with E-state index in [-0.39, 0.29) is 0 Å². The van der Waals surface area contributed by atoms with Crippen LogP contribution in [0.25, 0.3) is 5.41 Å². The van der Waals surface area contributed by atoms with Crippen LogP contribution in [0.1, 0.15) is 20.8 Å². The van der Waals surface area contributed by atoms with Crippen LogP contribution in [0.15, 0.2) is 5.57 Å². The summed E-state index contributed by atoms with van der Waals surface area (Å²) in [6, 6.07) is 1.46. The topological polar surface area (TPSA) is 72.4 Å². The molecule has 0 aliphatic rings. The molecular formula is C8H9N2O2-. The fraction of sp³-hybridized carbons (Fsp3) is 0.500. The van der Waals surface area contributed by atoms with Crippen molar-refractivity contribution in [2.24, 2.45) is 0 Å². The van der Waals surface area contributed by atoms with E-state index >= 15 is 0 Å². The Bertz CT molecular complexity index is 274. The van der Waals surface area contributed by atoms with Crippen LogP contribution in [0.4, 0.5) is 0 Å². The zero-order chi connectivity index (χ0) is 9.78. The van der Waals surface area contributed by atoms with E-state index in [1.165, 1.54) is 11.9 Å². The molecule has 0 aliphatic carbocycles. The fourth-order valence-electron chi connectivity index (χ4n) is 0.445. The Labute approximate surface area is 71.0 Å². The number of esters is 1. The predicted molar refractivity (Wildman–Crippen MR) is 43.3 cm³/mol. The van der Waals surface area contributed by atoms with Gasteiger partial charge >= 0.3 is 5.97 Å². The molecule has 12 heavy (non-hydrogen) atoms. The smallest absolute Gasteiger partial charge is 0.355 e. The first kappa shape index (κ1) is 10.4. The summed E-state index contributed by atoms with van der Waals surface area (Å²) in [5, 5.41) is 16.6. The monoisotopic (exact) mass is 165 g/mol. The highest BCUT2D eigenvalue weighted by atomic mass is 16.6. The van der Waals surface area contributed by atoms with Gasteiger partial charge in [-0.2, -0.15) is 5.26 Å². The van der Waals surface area contributed by atoms with E-state index < -0.39 is 17.1 Å². The molecule has 0 N–H and O–H groups in total. The second-order valence-electron chi connectivity index (χ2n) is 3.10. The summed E-state index contributed by atoms with van der Waals surface area (Å²) in [6.45, 7) is 4.99. The summed E-state index contributed by atoms with van der Waals surface area (Å²) in [7, 11) is 0. The van der Waals surface area contributed by atoms with Gasteiger partial charge in [0.25, 0.3) is 0 Å². The SMILES string of the molecule is CC(C)(C)OC(=O)C(=C=[N-])C#N. The number of hydrogen-bond donors (Lipinski definition) is 0. The Kier molecular flexibility index (Phi) is 3.21. The van der Waals surface area contributed by atoms with Crippen LogP contribution < -0.4 is 0 Å². The lowest BCUT2D eigenvalue weighted by atomic mass is 10.2. The summed E-state index contributed by atoms with van der Waals surface area (Å²) in [4.78, 5) is 10.9. The van der Waals surface area contributed by atoms with Crippen molar-refractivity contribution < 1.29 is 9.53 Å². The largest absolute Gasteiger partial charge is 0.762 e. The molecule has 64 valence electrons. The molecule has 0 aliphatic heterocycles. The Hall–Kier alpha value is -1.59. The van der Waals surface area contributed by atoms with Crippen LogP contribution in [0.2, 0.25) is 0 Å². The minimum Gasteiger partial charge on any atom is -0.762 e. The first-order valence-corrected chi connectivity index (χ1v) is 3.31. The number of rotatable bonds is 1. The Morgan fingerprint density at radius 2 is 2.00 bits per heavy atom. The number of carbonyl (C=O) groups is 1. The van der Waals surface area contributed by atoms with E-state index in [1.54, 1.807) is 20.8 Å². The molecular weight excluding hydrogens is 156 g/mol. The van der Waals surface area contributed by atoms with Gasteiger partial charge in [0.15, 0.2) is 5.57 Å². The molecule has 0 aromatic rings. The van der Waals surface area contributed by atoms with Crippen LogP contribution in [-0.4, -0.2) is 17.4 Å². The summed E-state index contributed by atoms with van der Waals surface area (Å²) >= 11 is 0. The fourth-order valence-corrected chi connectivity index (χ4v) is 0.445. The zero-order valence-corrected chi connectivity index (χ0v) is 7.21. The van der Waals surface area contributed by atoms with Gasteiger partial charge in [0.2, 0.25) is 0 Å². The van der Waals surface area contributed by atoms with Crippen LogP contribution >= 0.6 is 0 Å². The van der Waals surface area contributed by atoms with E-state index in [0.29, 0.717) is 0 Å². The normalized spacial score (nSPS) is 9.50. The van der Waals surface area contributed by atoms with Gasteiger partial charge in [-0.15, -0.1) is 0 Å². The van der Waals surface area contributed by atoms with Gasteiger partial charge in [-0.25, -0.2) is 10.7 Å². The van der Waals surface area contributed by atoms with E-state index in [9.17, 15) is 4.79 Å². The van der Waals surface area contributed by atoms with Crippen molar-refractivity contribution >= 4 is 11.8 Å². The molecule has 0 spiro atoms. The summed E-state index contributed by atoms with van der Waals surface area (Å²) in [5.74, 6) is 0.587. The minimum absolute atomic E-state index is 0.523. The summed E-state index contributed by atoms with van der Waals surface area (Å²) in [6.07, 6.45) is 0. The molecule has 0 saturated carbocycles. The third-order valence-corrected chi connectivity index (χ3v) is 0.827. The van der Waals surface area contributed by atoms with Crippen molar-refractivity contribution in [3.8, 4) is 6.07 Å². The molecule has 0 radical (unpaired) electrons. The highest BCUT2D eigenvalue weighted by Crippen LogP contribution is 2.08. The van der Waals surface area contributed by atoms with Gasteiger partial charge in [-0.3, -0.25) is 0 Å². The molecule has 0 fully saturated rings. The van der Waals surface area contributed by atoms with E-state index in [0.717, 1.165) is 0 Å². The van der Waals surface area contributed by atoms with Crippen molar-refractivity contribution in [1.82, 2.24) is 0 Å². The maximum Gasteiger partial charge on any atom is 0.355 e. The van der Waals surface area contributed by atoms with Crippen LogP contribution in [0.3, 0.4) is 0 Å². The van der Waals surface area contributed by atoms with E-state index in [1.807, 2.05) is 0 Å². The van der Waals surface area contributed by atoms with Crippen molar-refractivity contribution in [3.05, 3.63) is 11.0 Å². The highest BCUT2D eigenvalue weighted by Gasteiger charge is 2.18. The first-order valence-electron chi connectivity index (χ1n) is 3.31. The number of hydrogen-bond acceptors (Lipinski definition) is 3. The molecule has 0 atom stereocenters. The molecule has 4 heteroatoms. The van der Waals surface area contributed by atoms with Gasteiger partial charge in [0, 0.05) is 0 Å². The molecule has 0 heterocycles. The van der Waals surface area contributed by atoms with Gasteiger partial charge < -0.3 is 10.1 Å². The average molecular weight is 165 g/mol. The third kappa shape index (κ3) is 3.55. The first-order chi connectivity index (χ1) is 5.40. The van der Waals surface area contributed by atoms with Gasteiger partial charge in [-0.1, -0.05) is 0 Å². The molecule has 4 nitrogen and oxygen atoms in total. The van der Waals surface area contributed by atoms with Crippen LogP contribution in [0, 0.1) is 11.3 Å². The van der Waals surface area contributed by atoms with Gasteiger partial charge in [-0.05, 0) is 20.8 Å². The van der Waals surface area contributed by atoms with Crippen molar-refractivity contribution in [2.75, 3.05) is 0 Å². The Morgan fingerprint density at radius 1 is 1.50 bits per heavy atom. The van der Waals surface area contributed by atoms with E-state index in [2.05, 4.69) is 0 Å². The Balaban J connectivity index is 4.46. The third-order valence-electron chi connectivity index (χ3n) is 0.827. The average Bonchev–Trinajstić information content (AvgIpc) is 1.85. The molecule has 0 rings (SSSR count). The van der Waals surface area contributed by atoms with Crippen LogP contribution in [0.5, 0.6) is 0 Å². The number of carbonyl (C=O) groups excluding carboxylic acids is 1. The van der Waals surface area contributed by atoms with Crippen LogP contribution in [-0.2, 0) is 9.53 Å². The maximum absolute atomic E-state index is 10.9. The molecule has 0 saturated heterocycles. The molecule has 0 bridgehead atoms. The summed E-state index contributed by atoms with van der Waals surface area (Å²) < 4.78 is 4.76. The quantitative estimate of drug-likeness (QED) is 0.252. The molecule has 0 aromatic carbocycles. The van der Waals surface area contributed by atoms with E-state index in [4.69, 9.17) is 15.4 Å². The van der Waals surface area contributed by atoms with Crippen molar-refractivity contribution in [3.63, 3.8) is 0 Å². The standard InChI is InChI=1S/C8H9N2O2/c1-8(2,3)12-7(11)6(4-9)5-10/h1-3H3/q-1. The Morgan fingerprint density at radius 3 is 2.25 bits per heavy atom. The molecule has 0 unspecified atom stereocenters. The predicted octanol–water partition coefficient (Wildman–Crippen LogP) is 1.02. The molecule has 0 aromatic heterocycles. The van der Waals surface area contributed by atoms with Gasteiger partial charge in [0.1, 0.15) is 11.7 Å². The lowest BCUT2D eigenvalue weighted by molar-refractivity contribution is -0.149. The molecule has 0 amide bonds. The van der Waals surface area contributed by atoms with Gasteiger partial charge in [0.05, 0.1) is 0 Å². The van der Waals surface area contributed by atoms with Crippen molar-refractivity contribution in [1.29, 1.82) is 5.26 Å². The second kappa shape index (κ2) is 3.70. The number of nitriles is 1. The van der Waals surface area contributed by atoms with Crippen molar-refractivity contribution in [2.45, 2.75) is 26.4 Å². The second-order valence-corrected chi connectivity index (χ2v) is 3.10.